The first-order chi connectivity index (χ1) is 35.1. The maximum absolute atomic E-state index is 2.57. The van der Waals surface area contributed by atoms with Gasteiger partial charge in [0.1, 0.15) is 0 Å². The van der Waals surface area contributed by atoms with Crippen LogP contribution in [0.2, 0.25) is 0 Å². The van der Waals surface area contributed by atoms with Gasteiger partial charge in [-0.25, -0.2) is 0 Å². The second-order valence-corrected chi connectivity index (χ2v) is 22.8. The lowest BCUT2D eigenvalue weighted by molar-refractivity contribution is 0.652. The Balaban J connectivity index is 0.775. The van der Waals surface area contributed by atoms with Crippen molar-refractivity contribution in [2.75, 3.05) is 4.90 Å². The normalized spacial score (nSPS) is 15.3. The molecule has 0 saturated carbocycles. The van der Waals surface area contributed by atoms with E-state index in [0.717, 1.165) is 25.7 Å². The number of anilines is 3. The van der Waals surface area contributed by atoms with E-state index in [1.165, 1.54) is 166 Å². The van der Waals surface area contributed by atoms with Gasteiger partial charge < -0.3 is 4.90 Å². The van der Waals surface area contributed by atoms with Crippen molar-refractivity contribution in [3.05, 3.63) is 243 Å². The molecule has 0 saturated heterocycles. The summed E-state index contributed by atoms with van der Waals surface area (Å²) in [5.74, 6) is 0. The van der Waals surface area contributed by atoms with Crippen LogP contribution in [0.5, 0.6) is 0 Å². The van der Waals surface area contributed by atoms with Gasteiger partial charge in [-0.3, -0.25) is 0 Å². The Hall–Kier alpha value is -8.00. The van der Waals surface area contributed by atoms with Crippen LogP contribution < -0.4 is 4.90 Å². The largest absolute Gasteiger partial charge is 0.310 e. The van der Waals surface area contributed by atoms with Crippen molar-refractivity contribution in [3.8, 4) is 55.6 Å². The smallest absolute Gasteiger partial charge is 0.0465 e. The molecule has 0 N–H and O–H groups in total. The van der Waals surface area contributed by atoms with Crippen LogP contribution in [-0.2, 0) is 36.5 Å². The summed E-state index contributed by atoms with van der Waals surface area (Å²) in [7, 11) is 0. The maximum atomic E-state index is 2.57. The van der Waals surface area contributed by atoms with Crippen LogP contribution >= 0.6 is 0 Å². The van der Waals surface area contributed by atoms with Crippen LogP contribution in [0.25, 0.3) is 88.0 Å². The molecule has 0 aromatic heterocycles. The first kappa shape index (κ1) is 40.7. The van der Waals surface area contributed by atoms with Crippen molar-refractivity contribution in [1.82, 2.24) is 0 Å². The molecule has 342 valence electrons. The molecule has 0 heterocycles. The lowest BCUT2D eigenvalue weighted by atomic mass is 9.79. The van der Waals surface area contributed by atoms with E-state index in [0.29, 0.717) is 0 Å². The predicted molar refractivity (Wildman–Crippen MR) is 303 cm³/mol. The molecule has 0 unspecified atom stereocenters. The van der Waals surface area contributed by atoms with E-state index in [1.54, 1.807) is 0 Å². The van der Waals surface area contributed by atoms with Crippen LogP contribution in [0.3, 0.4) is 0 Å². The fraction of sp³-hybridized carbons (Fsp3) is 0.155. The molecule has 11 aromatic rings. The van der Waals surface area contributed by atoms with Gasteiger partial charge in [-0.05, 0) is 255 Å². The van der Waals surface area contributed by atoms with Gasteiger partial charge in [0.2, 0.25) is 0 Å². The summed E-state index contributed by atoms with van der Waals surface area (Å²) in [6.07, 6.45) is 4.18. The van der Waals surface area contributed by atoms with Crippen molar-refractivity contribution in [1.29, 1.82) is 0 Å². The molecule has 0 fully saturated rings. The zero-order valence-electron chi connectivity index (χ0n) is 41.6. The minimum atomic E-state index is -0.205. The summed E-state index contributed by atoms with van der Waals surface area (Å²) in [5.41, 5.74) is 32.9. The topological polar surface area (TPSA) is 3.24 Å². The van der Waals surface area contributed by atoms with Crippen LogP contribution in [0.15, 0.2) is 182 Å². The first-order valence-electron chi connectivity index (χ1n) is 26.2. The molecule has 0 atom stereocenters. The Labute approximate surface area is 422 Å². The highest BCUT2D eigenvalue weighted by molar-refractivity contribution is 6.26. The molecule has 72 heavy (non-hydrogen) atoms. The molecule has 0 spiro atoms. The monoisotopic (exact) mass is 919 g/mol. The highest BCUT2D eigenvalue weighted by Gasteiger charge is 2.42. The molecule has 5 aliphatic rings. The average Bonchev–Trinajstić information content (AvgIpc) is 4.07. The third-order valence-corrected chi connectivity index (χ3v) is 18.2. The van der Waals surface area contributed by atoms with E-state index in [4.69, 9.17) is 0 Å². The molecule has 0 aliphatic heterocycles. The van der Waals surface area contributed by atoms with E-state index in [1.807, 2.05) is 0 Å². The molecule has 0 amide bonds. The third-order valence-electron chi connectivity index (χ3n) is 18.2. The van der Waals surface area contributed by atoms with Gasteiger partial charge in [-0.2, -0.15) is 0 Å². The summed E-state index contributed by atoms with van der Waals surface area (Å²) in [4.78, 5) is 2.50. The van der Waals surface area contributed by atoms with Crippen molar-refractivity contribution in [2.45, 2.75) is 71.1 Å². The fourth-order valence-corrected chi connectivity index (χ4v) is 14.5. The van der Waals surface area contributed by atoms with Gasteiger partial charge in [0, 0.05) is 27.9 Å². The maximum Gasteiger partial charge on any atom is 0.0465 e. The molecule has 1 nitrogen and oxygen atoms in total. The van der Waals surface area contributed by atoms with Crippen LogP contribution in [0, 0.1) is 6.92 Å². The number of aryl methyl sites for hydroxylation is 3. The Morgan fingerprint density at radius 2 is 0.708 bits per heavy atom. The van der Waals surface area contributed by atoms with Crippen LogP contribution in [-0.4, -0.2) is 0 Å². The summed E-state index contributed by atoms with van der Waals surface area (Å²) in [6, 6.07) is 70.9. The highest BCUT2D eigenvalue weighted by Crippen LogP contribution is 2.58. The molecule has 16 rings (SSSR count). The fourth-order valence-electron chi connectivity index (χ4n) is 14.5. The molecular weight excluding hydrogens is 867 g/mol. The average molecular weight is 920 g/mol. The zero-order valence-corrected chi connectivity index (χ0v) is 41.6. The van der Waals surface area contributed by atoms with E-state index >= 15 is 0 Å². The minimum absolute atomic E-state index is 0.152. The Morgan fingerprint density at radius 3 is 1.36 bits per heavy atom. The number of hydrogen-bond acceptors (Lipinski definition) is 1. The molecule has 5 aliphatic carbocycles. The Morgan fingerprint density at radius 1 is 0.292 bits per heavy atom. The van der Waals surface area contributed by atoms with Gasteiger partial charge in [0.25, 0.3) is 0 Å². The number of benzene rings is 11. The first-order valence-corrected chi connectivity index (χ1v) is 26.2. The molecular formula is C71H53N. The lowest BCUT2D eigenvalue weighted by Crippen LogP contribution is -2.17. The molecule has 1 heteroatoms. The molecule has 0 radical (unpaired) electrons. The van der Waals surface area contributed by atoms with Gasteiger partial charge in [0.15, 0.2) is 0 Å². The van der Waals surface area contributed by atoms with E-state index < -0.39 is 0 Å². The van der Waals surface area contributed by atoms with Gasteiger partial charge in [-0.15, -0.1) is 0 Å². The van der Waals surface area contributed by atoms with Crippen molar-refractivity contribution < 1.29 is 0 Å². The number of hydrogen-bond donors (Lipinski definition) is 0. The van der Waals surface area contributed by atoms with Gasteiger partial charge >= 0.3 is 0 Å². The quantitative estimate of drug-likeness (QED) is 0.160. The van der Waals surface area contributed by atoms with Gasteiger partial charge in [0.05, 0.1) is 0 Å². The van der Waals surface area contributed by atoms with E-state index in [2.05, 4.69) is 222 Å². The van der Waals surface area contributed by atoms with E-state index in [9.17, 15) is 0 Å². The summed E-state index contributed by atoms with van der Waals surface area (Å²) in [5, 5.41) is 7.99. The minimum Gasteiger partial charge on any atom is -0.310 e. The molecule has 0 bridgehead atoms. The number of fused-ring (bicyclic) bond motifs is 21. The zero-order chi connectivity index (χ0) is 47.9. The van der Waals surface area contributed by atoms with Crippen LogP contribution in [0.1, 0.15) is 88.9 Å². The van der Waals surface area contributed by atoms with Gasteiger partial charge in [-0.1, -0.05) is 136 Å². The van der Waals surface area contributed by atoms with Crippen LogP contribution in [0.4, 0.5) is 17.1 Å². The Kier molecular flexibility index (Phi) is 7.98. The summed E-state index contributed by atoms with van der Waals surface area (Å²) in [6.45, 7) is 12.0. The lowest BCUT2D eigenvalue weighted by Gasteiger charge is -2.28. The summed E-state index contributed by atoms with van der Waals surface area (Å²) >= 11 is 0. The summed E-state index contributed by atoms with van der Waals surface area (Å²) < 4.78 is 0. The third kappa shape index (κ3) is 5.44. The molecule has 11 aromatic carbocycles. The SMILES string of the molecule is Cc1ccc(N(c2ccc3c(c2)Cc2cc4c(cc2-3)Cc2cc3c(cc2-4)CCc2ccccc2-3)c2ccc3c(c2)C(C)(C)c2cc4c(cc2-3)C(C)(C)c2cc3c5ccccc5c5ccccc5c3cc2-4)cc1. The number of rotatable bonds is 3. The Bertz CT molecular complexity index is 4270. The second-order valence-electron chi connectivity index (χ2n) is 22.8. The van der Waals surface area contributed by atoms with Crippen molar-refractivity contribution in [2.24, 2.45) is 0 Å². The highest BCUT2D eigenvalue weighted by atomic mass is 15.1. The van der Waals surface area contributed by atoms with E-state index in [-0.39, 0.29) is 10.8 Å². The van der Waals surface area contributed by atoms with Crippen molar-refractivity contribution in [3.63, 3.8) is 0 Å². The predicted octanol–water partition coefficient (Wildman–Crippen LogP) is 18.4. The number of nitrogens with zero attached hydrogens (tertiary/aromatic N) is 1. The van der Waals surface area contributed by atoms with Crippen molar-refractivity contribution >= 4 is 49.4 Å². The second kappa shape index (κ2) is 14.1. The standard InChI is InChI=1S/C71H53N/c1-40-18-22-47(23-19-40)72(48-24-26-51-43(30-48)28-44-34-60-46(33-58(44)51)29-45-32-57-42(31-59(45)60)21-20-41-12-6-7-13-50(41)57)49-25-27-56-64-38-69-65(39-68(64)70(2,3)66(56)35-49)63-36-61-54-16-10-8-14-52(54)53-15-9-11-17-55(53)62(61)37-67(63)71(69,4)5/h6-19,22-27,30-39H,20-21,28-29H2,1-5H3.